The van der Waals surface area contributed by atoms with Gasteiger partial charge in [-0.2, -0.15) is 0 Å². The Morgan fingerprint density at radius 2 is 2.44 bits per heavy atom. The molecule has 0 bridgehead atoms. The number of aliphatic carboxylic acids is 1. The average molecular weight is 268 g/mol. The Labute approximate surface area is 106 Å². The van der Waals surface area contributed by atoms with Crippen LogP contribution in [0.5, 0.6) is 0 Å². The van der Waals surface area contributed by atoms with Crippen LogP contribution in [0.25, 0.3) is 0 Å². The van der Waals surface area contributed by atoms with E-state index in [2.05, 4.69) is 10.1 Å². The number of aromatic nitrogens is 1. The molecule has 1 heterocycles. The molecule has 1 radical (unpaired) electrons. The van der Waals surface area contributed by atoms with Crippen molar-refractivity contribution in [2.45, 2.75) is 18.9 Å². The van der Waals surface area contributed by atoms with Crippen molar-refractivity contribution in [3.05, 3.63) is 11.1 Å². The summed E-state index contributed by atoms with van der Waals surface area (Å²) in [6.07, 6.45) is 2.11. The first-order chi connectivity index (χ1) is 8.61. The van der Waals surface area contributed by atoms with E-state index >= 15 is 0 Å². The van der Waals surface area contributed by atoms with E-state index in [9.17, 15) is 9.59 Å². The first-order valence-electron chi connectivity index (χ1n) is 5.18. The average Bonchev–Trinajstić information content (AvgIpc) is 3.07. The Kier molecular flexibility index (Phi) is 3.56. The highest BCUT2D eigenvalue weighted by Gasteiger charge is 2.38. The van der Waals surface area contributed by atoms with Gasteiger partial charge in [-0.25, -0.2) is 9.78 Å². The number of carbonyl (C=O) groups is 1. The van der Waals surface area contributed by atoms with Gasteiger partial charge in [-0.1, -0.05) is 5.16 Å². The Balaban J connectivity index is 2.09. The van der Waals surface area contributed by atoms with E-state index in [-0.39, 0.29) is 22.5 Å². The molecule has 7 nitrogen and oxygen atoms in total. The van der Waals surface area contributed by atoms with Crippen LogP contribution >= 0.6 is 11.3 Å². The quantitative estimate of drug-likeness (QED) is 0.570. The number of hydrogen-bond donors (Lipinski definition) is 2. The minimum atomic E-state index is -1.09. The van der Waals surface area contributed by atoms with Crippen LogP contribution in [0.15, 0.2) is 10.5 Å². The van der Waals surface area contributed by atoms with Crippen molar-refractivity contribution < 1.29 is 19.5 Å². The molecule has 1 unspecified atom stereocenters. The standard InChI is InChI=1S/C10H10N3O4S/c11-10-12-7(4-18-10)6(3-14)13-17-8(9(15)16)5-1-2-5/h4-5,8H,1-2H2,(H2,11,12)(H,15,16)/b13-6-. The minimum absolute atomic E-state index is 0.0420. The van der Waals surface area contributed by atoms with Crippen LogP contribution in [0.3, 0.4) is 0 Å². The van der Waals surface area contributed by atoms with E-state index < -0.39 is 12.1 Å². The number of thiazole rings is 1. The van der Waals surface area contributed by atoms with E-state index in [1.54, 1.807) is 6.29 Å². The van der Waals surface area contributed by atoms with Gasteiger partial charge in [-0.05, 0) is 12.8 Å². The van der Waals surface area contributed by atoms with Crippen molar-refractivity contribution in [1.82, 2.24) is 4.98 Å². The molecular weight excluding hydrogens is 258 g/mol. The van der Waals surface area contributed by atoms with Gasteiger partial charge in [0.05, 0.1) is 0 Å². The fourth-order valence-corrected chi connectivity index (χ4v) is 1.90. The first-order valence-corrected chi connectivity index (χ1v) is 6.06. The van der Waals surface area contributed by atoms with Gasteiger partial charge in [-0.15, -0.1) is 11.3 Å². The van der Waals surface area contributed by atoms with Gasteiger partial charge in [0.25, 0.3) is 6.29 Å². The maximum atomic E-state index is 10.9. The molecule has 0 saturated heterocycles. The summed E-state index contributed by atoms with van der Waals surface area (Å²) in [5.41, 5.74) is 5.46. The van der Waals surface area contributed by atoms with E-state index in [0.717, 1.165) is 24.2 Å². The normalized spacial score (nSPS) is 17.2. The van der Waals surface area contributed by atoms with Crippen molar-refractivity contribution in [3.8, 4) is 0 Å². The lowest BCUT2D eigenvalue weighted by Gasteiger charge is -2.08. The third-order valence-corrected chi connectivity index (χ3v) is 3.09. The summed E-state index contributed by atoms with van der Waals surface area (Å²) >= 11 is 1.14. The van der Waals surface area contributed by atoms with E-state index in [0.29, 0.717) is 0 Å². The summed E-state index contributed by atoms with van der Waals surface area (Å²) in [6.45, 7) is 0. The molecule has 0 spiro atoms. The third-order valence-electron chi connectivity index (χ3n) is 2.41. The Morgan fingerprint density at radius 3 is 2.89 bits per heavy atom. The molecule has 0 aliphatic heterocycles. The molecule has 1 aliphatic rings. The zero-order chi connectivity index (χ0) is 13.1. The highest BCUT2D eigenvalue weighted by Crippen LogP contribution is 2.34. The first kappa shape index (κ1) is 12.5. The number of carboxylic acids is 1. The maximum Gasteiger partial charge on any atom is 0.348 e. The number of hydrogen-bond acceptors (Lipinski definition) is 7. The topological polar surface area (TPSA) is 115 Å². The molecule has 0 amide bonds. The number of carboxylic acid groups (broad SMARTS) is 1. The Morgan fingerprint density at radius 1 is 1.72 bits per heavy atom. The molecule has 1 aromatic rings. The number of oxime groups is 1. The molecule has 2 rings (SSSR count). The van der Waals surface area contributed by atoms with Gasteiger partial charge in [-0.3, -0.25) is 4.79 Å². The van der Waals surface area contributed by atoms with Crippen LogP contribution in [-0.4, -0.2) is 34.2 Å². The monoisotopic (exact) mass is 268 g/mol. The molecule has 18 heavy (non-hydrogen) atoms. The second-order valence-corrected chi connectivity index (χ2v) is 4.70. The number of anilines is 1. The second kappa shape index (κ2) is 5.13. The van der Waals surface area contributed by atoms with E-state index in [1.807, 2.05) is 0 Å². The molecule has 8 heteroatoms. The largest absolute Gasteiger partial charge is 0.478 e. The summed E-state index contributed by atoms with van der Waals surface area (Å²) in [7, 11) is 0. The summed E-state index contributed by atoms with van der Waals surface area (Å²) in [5.74, 6) is -1.14. The molecule has 95 valence electrons. The van der Waals surface area contributed by atoms with Crippen molar-refractivity contribution >= 4 is 34.4 Å². The number of nitrogen functional groups attached to an aromatic ring is 1. The lowest BCUT2D eigenvalue weighted by molar-refractivity contribution is -0.151. The van der Waals surface area contributed by atoms with Gasteiger partial charge in [0.1, 0.15) is 5.69 Å². The van der Waals surface area contributed by atoms with Crippen LogP contribution in [0, 0.1) is 5.92 Å². The maximum absolute atomic E-state index is 10.9. The molecule has 1 aromatic heterocycles. The second-order valence-electron chi connectivity index (χ2n) is 3.81. The number of nitrogens with two attached hydrogens (primary N) is 1. The van der Waals surface area contributed by atoms with E-state index in [4.69, 9.17) is 15.7 Å². The van der Waals surface area contributed by atoms with Crippen molar-refractivity contribution in [2.24, 2.45) is 11.1 Å². The Hall–Kier alpha value is -1.96. The van der Waals surface area contributed by atoms with Gasteiger partial charge < -0.3 is 15.7 Å². The zero-order valence-electron chi connectivity index (χ0n) is 9.20. The molecule has 1 aliphatic carbocycles. The molecule has 3 N–H and O–H groups in total. The fraction of sp³-hybridized carbons (Fsp3) is 0.400. The lowest BCUT2D eigenvalue weighted by atomic mass is 10.2. The van der Waals surface area contributed by atoms with Gasteiger partial charge in [0.15, 0.2) is 10.8 Å². The molecule has 1 saturated carbocycles. The van der Waals surface area contributed by atoms with Gasteiger partial charge in [0, 0.05) is 11.3 Å². The molecule has 1 atom stereocenters. The number of carbonyl (C=O) groups excluding carboxylic acids is 1. The summed E-state index contributed by atoms with van der Waals surface area (Å²) in [4.78, 5) is 30.4. The van der Waals surface area contributed by atoms with Crippen molar-refractivity contribution in [2.75, 3.05) is 5.73 Å². The molecule has 0 aromatic carbocycles. The van der Waals surface area contributed by atoms with Gasteiger partial charge >= 0.3 is 5.97 Å². The lowest BCUT2D eigenvalue weighted by Crippen LogP contribution is -2.25. The smallest absolute Gasteiger partial charge is 0.348 e. The van der Waals surface area contributed by atoms with Crippen LogP contribution in [0.2, 0.25) is 0 Å². The van der Waals surface area contributed by atoms with Crippen molar-refractivity contribution in [3.63, 3.8) is 0 Å². The predicted octanol–water partition coefficient (Wildman–Crippen LogP) is 0.419. The summed E-state index contributed by atoms with van der Waals surface area (Å²) in [5, 5.41) is 14.2. The SMILES string of the molecule is Nc1nc(/C([C]=O)=N\OC(C(=O)O)C2CC2)cs1. The highest BCUT2D eigenvalue weighted by atomic mass is 32.1. The van der Waals surface area contributed by atoms with Crippen LogP contribution < -0.4 is 5.73 Å². The predicted molar refractivity (Wildman–Crippen MR) is 64.0 cm³/mol. The van der Waals surface area contributed by atoms with E-state index in [1.165, 1.54) is 5.38 Å². The summed E-state index contributed by atoms with van der Waals surface area (Å²) < 4.78 is 0. The zero-order valence-corrected chi connectivity index (χ0v) is 10.0. The fourth-order valence-electron chi connectivity index (χ4n) is 1.36. The highest BCUT2D eigenvalue weighted by molar-refractivity contribution is 7.13. The van der Waals surface area contributed by atoms with Crippen molar-refractivity contribution in [1.29, 1.82) is 0 Å². The van der Waals surface area contributed by atoms with Gasteiger partial charge in [0.2, 0.25) is 6.10 Å². The van der Waals surface area contributed by atoms with Crippen LogP contribution in [-0.2, 0) is 14.4 Å². The third kappa shape index (κ3) is 2.83. The van der Waals surface area contributed by atoms with Crippen LogP contribution in [0.4, 0.5) is 5.13 Å². The molecule has 1 fully saturated rings. The summed E-state index contributed by atoms with van der Waals surface area (Å²) in [6, 6.07) is 0. The minimum Gasteiger partial charge on any atom is -0.478 e. The molecular formula is C10H10N3O4S. The van der Waals surface area contributed by atoms with Crippen LogP contribution in [0.1, 0.15) is 18.5 Å². The number of nitrogens with zero attached hydrogens (tertiary/aromatic N) is 2. The Bertz CT molecular complexity index is 495. The number of rotatable bonds is 6.